The number of rotatable bonds is 7. The average molecular weight is 407 g/mol. The van der Waals surface area contributed by atoms with E-state index in [9.17, 15) is 4.79 Å². The number of hydrogen-bond acceptors (Lipinski definition) is 5. The van der Waals surface area contributed by atoms with Gasteiger partial charge in [0.1, 0.15) is 5.75 Å². The second-order valence-electron chi connectivity index (χ2n) is 4.89. The number of methoxy groups -OCH3 is 2. The molecule has 1 N–H and O–H groups in total. The quantitative estimate of drug-likeness (QED) is 0.562. The third kappa shape index (κ3) is 4.96. The van der Waals surface area contributed by atoms with E-state index in [0.717, 1.165) is 10.0 Å². The summed E-state index contributed by atoms with van der Waals surface area (Å²) in [6.45, 7) is 2.43. The fourth-order valence-corrected chi connectivity index (χ4v) is 2.65. The van der Waals surface area contributed by atoms with Gasteiger partial charge in [0.2, 0.25) is 0 Å². The van der Waals surface area contributed by atoms with Gasteiger partial charge in [0.25, 0.3) is 5.91 Å². The van der Waals surface area contributed by atoms with E-state index < -0.39 is 0 Å². The van der Waals surface area contributed by atoms with Crippen LogP contribution >= 0.6 is 15.9 Å². The van der Waals surface area contributed by atoms with Crippen molar-refractivity contribution in [2.24, 2.45) is 5.10 Å². The Bertz CT molecular complexity index is 760. The van der Waals surface area contributed by atoms with Crippen molar-refractivity contribution in [1.29, 1.82) is 0 Å². The number of nitrogens with zero attached hydrogens (tertiary/aromatic N) is 1. The van der Waals surface area contributed by atoms with Gasteiger partial charge in [-0.15, -0.1) is 0 Å². The zero-order valence-electron chi connectivity index (χ0n) is 14.2. The van der Waals surface area contributed by atoms with Crippen LogP contribution in [0, 0.1) is 0 Å². The first-order valence-electron chi connectivity index (χ1n) is 7.56. The standard InChI is InChI=1S/C18H19BrN2O4/c1-4-25-17-15(19)9-12(10-16(17)24-3)11-20-21-18(22)13-5-7-14(23-2)8-6-13/h5-11H,4H2,1-3H3,(H,21,22). The molecule has 25 heavy (non-hydrogen) atoms. The molecule has 6 nitrogen and oxygen atoms in total. The molecule has 0 aliphatic carbocycles. The monoisotopic (exact) mass is 406 g/mol. The van der Waals surface area contributed by atoms with Crippen LogP contribution in [0.25, 0.3) is 0 Å². The van der Waals surface area contributed by atoms with Gasteiger partial charge in [-0.05, 0) is 64.8 Å². The van der Waals surface area contributed by atoms with E-state index in [1.54, 1.807) is 44.6 Å². The van der Waals surface area contributed by atoms with E-state index >= 15 is 0 Å². The fourth-order valence-electron chi connectivity index (χ4n) is 2.07. The minimum absolute atomic E-state index is 0.309. The zero-order chi connectivity index (χ0) is 18.2. The SMILES string of the molecule is CCOc1c(Br)cc(C=NNC(=O)c2ccc(OC)cc2)cc1OC. The molecule has 2 aromatic carbocycles. The van der Waals surface area contributed by atoms with E-state index in [2.05, 4.69) is 26.5 Å². The number of carbonyl (C=O) groups is 1. The van der Waals surface area contributed by atoms with E-state index in [0.29, 0.717) is 29.4 Å². The van der Waals surface area contributed by atoms with E-state index in [4.69, 9.17) is 14.2 Å². The predicted molar refractivity (Wildman–Crippen MR) is 99.9 cm³/mol. The Hall–Kier alpha value is -2.54. The second-order valence-corrected chi connectivity index (χ2v) is 5.75. The van der Waals surface area contributed by atoms with Gasteiger partial charge in [-0.2, -0.15) is 5.10 Å². The maximum Gasteiger partial charge on any atom is 0.271 e. The normalized spacial score (nSPS) is 10.6. The molecule has 0 atom stereocenters. The first kappa shape index (κ1) is 18.8. The zero-order valence-corrected chi connectivity index (χ0v) is 15.8. The Labute approximate surface area is 154 Å². The van der Waals surface area contributed by atoms with Crippen molar-refractivity contribution in [3.05, 3.63) is 52.0 Å². The van der Waals surface area contributed by atoms with E-state index in [-0.39, 0.29) is 5.91 Å². The number of hydrogen-bond donors (Lipinski definition) is 1. The molecule has 0 aliphatic rings. The van der Waals surface area contributed by atoms with Crippen molar-refractivity contribution in [2.75, 3.05) is 20.8 Å². The molecule has 1 amide bonds. The minimum Gasteiger partial charge on any atom is -0.497 e. The molecule has 0 radical (unpaired) electrons. The molecule has 2 rings (SSSR count). The molecule has 7 heteroatoms. The number of carbonyl (C=O) groups excluding carboxylic acids is 1. The average Bonchev–Trinajstić information content (AvgIpc) is 2.63. The molecule has 0 fully saturated rings. The van der Waals surface area contributed by atoms with Gasteiger partial charge < -0.3 is 14.2 Å². The summed E-state index contributed by atoms with van der Waals surface area (Å²) in [6.07, 6.45) is 1.53. The Balaban J connectivity index is 2.08. The summed E-state index contributed by atoms with van der Waals surface area (Å²) in [6, 6.07) is 10.4. The Morgan fingerprint density at radius 2 is 1.92 bits per heavy atom. The molecule has 0 saturated heterocycles. The van der Waals surface area contributed by atoms with Crippen molar-refractivity contribution in [2.45, 2.75) is 6.92 Å². The van der Waals surface area contributed by atoms with Gasteiger partial charge in [0.15, 0.2) is 11.5 Å². The summed E-state index contributed by atoms with van der Waals surface area (Å²) in [5.74, 6) is 1.59. The third-order valence-corrected chi connectivity index (χ3v) is 3.86. The summed E-state index contributed by atoms with van der Waals surface area (Å²) in [5.41, 5.74) is 3.73. The van der Waals surface area contributed by atoms with Gasteiger partial charge >= 0.3 is 0 Å². The smallest absolute Gasteiger partial charge is 0.271 e. The van der Waals surface area contributed by atoms with Crippen LogP contribution in [0.3, 0.4) is 0 Å². The highest BCUT2D eigenvalue weighted by molar-refractivity contribution is 9.10. The highest BCUT2D eigenvalue weighted by Gasteiger charge is 2.10. The first-order chi connectivity index (χ1) is 12.1. The first-order valence-corrected chi connectivity index (χ1v) is 8.36. The molecule has 0 aromatic heterocycles. The molecule has 0 heterocycles. The number of amides is 1. The lowest BCUT2D eigenvalue weighted by atomic mass is 10.2. The highest BCUT2D eigenvalue weighted by Crippen LogP contribution is 2.36. The Kier molecular flexibility index (Phi) is 6.82. The van der Waals surface area contributed by atoms with Gasteiger partial charge in [0, 0.05) is 5.56 Å². The van der Waals surface area contributed by atoms with Crippen LogP contribution in [-0.2, 0) is 0 Å². The van der Waals surface area contributed by atoms with Crippen LogP contribution in [-0.4, -0.2) is 32.9 Å². The molecule has 2 aromatic rings. The lowest BCUT2D eigenvalue weighted by molar-refractivity contribution is 0.0955. The number of ether oxygens (including phenoxy) is 3. The van der Waals surface area contributed by atoms with Crippen molar-refractivity contribution < 1.29 is 19.0 Å². The maximum absolute atomic E-state index is 12.0. The van der Waals surface area contributed by atoms with Crippen LogP contribution < -0.4 is 19.6 Å². The number of benzene rings is 2. The van der Waals surface area contributed by atoms with Crippen LogP contribution in [0.2, 0.25) is 0 Å². The molecule has 0 unspecified atom stereocenters. The van der Waals surface area contributed by atoms with Crippen LogP contribution in [0.1, 0.15) is 22.8 Å². The van der Waals surface area contributed by atoms with Crippen molar-refractivity contribution in [3.8, 4) is 17.2 Å². The van der Waals surface area contributed by atoms with Gasteiger partial charge in [-0.1, -0.05) is 0 Å². The minimum atomic E-state index is -0.309. The van der Waals surface area contributed by atoms with Crippen molar-refractivity contribution in [1.82, 2.24) is 5.43 Å². The lowest BCUT2D eigenvalue weighted by Gasteiger charge is -2.11. The van der Waals surface area contributed by atoms with Gasteiger partial charge in [-0.25, -0.2) is 5.43 Å². The van der Waals surface area contributed by atoms with Gasteiger partial charge in [-0.3, -0.25) is 4.79 Å². The topological polar surface area (TPSA) is 69.2 Å². The second kappa shape index (κ2) is 9.08. The van der Waals surface area contributed by atoms with Crippen LogP contribution in [0.5, 0.6) is 17.2 Å². The summed E-state index contributed by atoms with van der Waals surface area (Å²) in [5, 5.41) is 3.98. The summed E-state index contributed by atoms with van der Waals surface area (Å²) >= 11 is 3.45. The van der Waals surface area contributed by atoms with Crippen LogP contribution in [0.15, 0.2) is 46.0 Å². The number of halogens is 1. The Morgan fingerprint density at radius 1 is 1.20 bits per heavy atom. The molecule has 0 saturated carbocycles. The predicted octanol–water partition coefficient (Wildman–Crippen LogP) is 3.63. The number of nitrogens with one attached hydrogen (secondary N) is 1. The summed E-state index contributed by atoms with van der Waals surface area (Å²) in [7, 11) is 3.14. The fraction of sp³-hybridized carbons (Fsp3) is 0.222. The molecule has 0 aliphatic heterocycles. The summed E-state index contributed by atoms with van der Waals surface area (Å²) < 4.78 is 16.7. The lowest BCUT2D eigenvalue weighted by Crippen LogP contribution is -2.17. The largest absolute Gasteiger partial charge is 0.497 e. The van der Waals surface area contributed by atoms with Gasteiger partial charge in [0.05, 0.1) is 31.5 Å². The third-order valence-electron chi connectivity index (χ3n) is 3.27. The Morgan fingerprint density at radius 3 is 2.52 bits per heavy atom. The van der Waals surface area contributed by atoms with E-state index in [1.807, 2.05) is 13.0 Å². The molecule has 0 bridgehead atoms. The molecular formula is C18H19BrN2O4. The molecule has 132 valence electrons. The van der Waals surface area contributed by atoms with Crippen molar-refractivity contribution >= 4 is 28.1 Å². The van der Waals surface area contributed by atoms with E-state index in [1.165, 1.54) is 6.21 Å². The maximum atomic E-state index is 12.0. The molecule has 0 spiro atoms. The molecular weight excluding hydrogens is 388 g/mol. The number of hydrazone groups is 1. The summed E-state index contributed by atoms with van der Waals surface area (Å²) in [4.78, 5) is 12.0. The van der Waals surface area contributed by atoms with Crippen molar-refractivity contribution in [3.63, 3.8) is 0 Å². The van der Waals surface area contributed by atoms with Crippen LogP contribution in [0.4, 0.5) is 0 Å². The highest BCUT2D eigenvalue weighted by atomic mass is 79.9.